The standard InChI is InChI=1S/C13H18N2O3/c14-11-8-18-7-10(11)13(17)15-6-12(16)9-4-2-1-3-5-9/h1-5,10-12,16H,6-8,14H2,(H,15,17). The van der Waals surface area contributed by atoms with Crippen LogP contribution in [0, 0.1) is 5.92 Å². The van der Waals surface area contributed by atoms with Gasteiger partial charge in [-0.1, -0.05) is 30.3 Å². The van der Waals surface area contributed by atoms with E-state index in [0.717, 1.165) is 5.56 Å². The minimum atomic E-state index is -0.700. The molecule has 1 fully saturated rings. The molecule has 0 aromatic heterocycles. The summed E-state index contributed by atoms with van der Waals surface area (Å²) in [4.78, 5) is 11.8. The SMILES string of the molecule is NC1COCC1C(=O)NCC(O)c1ccccc1. The van der Waals surface area contributed by atoms with E-state index in [-0.39, 0.29) is 24.4 Å². The fourth-order valence-corrected chi connectivity index (χ4v) is 1.96. The van der Waals surface area contributed by atoms with Crippen molar-refractivity contribution in [2.24, 2.45) is 11.7 Å². The zero-order valence-electron chi connectivity index (χ0n) is 10.1. The molecule has 4 N–H and O–H groups in total. The number of aliphatic hydroxyl groups excluding tert-OH is 1. The number of nitrogens with one attached hydrogen (secondary N) is 1. The second-order valence-electron chi connectivity index (χ2n) is 4.48. The average Bonchev–Trinajstić information content (AvgIpc) is 2.83. The topological polar surface area (TPSA) is 84.6 Å². The highest BCUT2D eigenvalue weighted by Gasteiger charge is 2.31. The highest BCUT2D eigenvalue weighted by atomic mass is 16.5. The highest BCUT2D eigenvalue weighted by Crippen LogP contribution is 2.13. The Hall–Kier alpha value is -1.43. The van der Waals surface area contributed by atoms with Crippen molar-refractivity contribution < 1.29 is 14.6 Å². The Balaban J connectivity index is 1.83. The van der Waals surface area contributed by atoms with E-state index in [1.165, 1.54) is 0 Å². The molecule has 1 saturated heterocycles. The van der Waals surface area contributed by atoms with E-state index in [0.29, 0.717) is 13.2 Å². The highest BCUT2D eigenvalue weighted by molar-refractivity contribution is 5.79. The molecule has 1 heterocycles. The number of nitrogens with two attached hydrogens (primary N) is 1. The van der Waals surface area contributed by atoms with Gasteiger partial charge in [0.2, 0.25) is 5.91 Å². The van der Waals surface area contributed by atoms with Crippen molar-refractivity contribution in [2.45, 2.75) is 12.1 Å². The van der Waals surface area contributed by atoms with Crippen LogP contribution in [0.15, 0.2) is 30.3 Å². The molecule has 2 rings (SSSR count). The molecule has 98 valence electrons. The zero-order chi connectivity index (χ0) is 13.0. The quantitative estimate of drug-likeness (QED) is 0.691. The van der Waals surface area contributed by atoms with Crippen LogP contribution in [0.5, 0.6) is 0 Å². The van der Waals surface area contributed by atoms with Crippen molar-refractivity contribution in [2.75, 3.05) is 19.8 Å². The minimum Gasteiger partial charge on any atom is -0.387 e. The Morgan fingerprint density at radius 3 is 2.78 bits per heavy atom. The molecule has 5 heteroatoms. The Morgan fingerprint density at radius 2 is 2.17 bits per heavy atom. The average molecular weight is 250 g/mol. The third-order valence-corrected chi connectivity index (χ3v) is 3.12. The number of carbonyl (C=O) groups is 1. The van der Waals surface area contributed by atoms with E-state index < -0.39 is 6.10 Å². The number of rotatable bonds is 4. The smallest absolute Gasteiger partial charge is 0.227 e. The molecule has 1 amide bonds. The normalized spacial score (nSPS) is 24.8. The first-order chi connectivity index (χ1) is 8.68. The van der Waals surface area contributed by atoms with Crippen LogP contribution >= 0.6 is 0 Å². The van der Waals surface area contributed by atoms with E-state index >= 15 is 0 Å². The second kappa shape index (κ2) is 5.95. The lowest BCUT2D eigenvalue weighted by molar-refractivity contribution is -0.125. The van der Waals surface area contributed by atoms with Crippen LogP contribution in [0.25, 0.3) is 0 Å². The molecule has 18 heavy (non-hydrogen) atoms. The van der Waals surface area contributed by atoms with E-state index in [1.807, 2.05) is 30.3 Å². The van der Waals surface area contributed by atoms with Gasteiger partial charge in [0.1, 0.15) is 0 Å². The summed E-state index contributed by atoms with van der Waals surface area (Å²) in [6.45, 7) is 0.958. The molecule has 0 aliphatic carbocycles. The maximum absolute atomic E-state index is 11.8. The van der Waals surface area contributed by atoms with Gasteiger partial charge in [-0.2, -0.15) is 0 Å². The van der Waals surface area contributed by atoms with Crippen LogP contribution in [0.3, 0.4) is 0 Å². The third kappa shape index (κ3) is 3.07. The van der Waals surface area contributed by atoms with Crippen molar-refractivity contribution in [3.05, 3.63) is 35.9 Å². The summed E-state index contributed by atoms with van der Waals surface area (Å²) in [5, 5.41) is 12.6. The summed E-state index contributed by atoms with van der Waals surface area (Å²) < 4.78 is 5.13. The lowest BCUT2D eigenvalue weighted by atomic mass is 10.0. The van der Waals surface area contributed by atoms with E-state index in [1.54, 1.807) is 0 Å². The Labute approximate surface area is 106 Å². The summed E-state index contributed by atoms with van der Waals surface area (Å²) in [5.74, 6) is -0.469. The summed E-state index contributed by atoms with van der Waals surface area (Å²) in [6, 6.07) is 8.97. The second-order valence-corrected chi connectivity index (χ2v) is 4.48. The van der Waals surface area contributed by atoms with Crippen LogP contribution in [0.1, 0.15) is 11.7 Å². The third-order valence-electron chi connectivity index (χ3n) is 3.12. The molecule has 3 unspecified atom stereocenters. The lowest BCUT2D eigenvalue weighted by Gasteiger charge is -2.16. The number of carbonyl (C=O) groups excluding carboxylic acids is 1. The molecule has 0 spiro atoms. The van der Waals surface area contributed by atoms with Crippen molar-refractivity contribution in [1.29, 1.82) is 0 Å². The van der Waals surface area contributed by atoms with Crippen LogP contribution in [0.2, 0.25) is 0 Å². The molecule has 1 aliphatic rings. The predicted molar refractivity (Wildman–Crippen MR) is 66.7 cm³/mol. The van der Waals surface area contributed by atoms with Gasteiger partial charge >= 0.3 is 0 Å². The van der Waals surface area contributed by atoms with Gasteiger partial charge in [0.05, 0.1) is 25.2 Å². The summed E-state index contributed by atoms with van der Waals surface area (Å²) in [5.41, 5.74) is 6.53. The molecule has 1 aromatic carbocycles. The van der Waals surface area contributed by atoms with Crippen molar-refractivity contribution in [3.63, 3.8) is 0 Å². The van der Waals surface area contributed by atoms with Crippen molar-refractivity contribution >= 4 is 5.91 Å². The Kier molecular flexibility index (Phi) is 4.30. The molecular formula is C13H18N2O3. The van der Waals surface area contributed by atoms with Crippen molar-refractivity contribution in [1.82, 2.24) is 5.32 Å². The summed E-state index contributed by atoms with van der Waals surface area (Å²) in [7, 11) is 0. The first-order valence-electron chi connectivity index (χ1n) is 6.02. The zero-order valence-corrected chi connectivity index (χ0v) is 10.1. The van der Waals surface area contributed by atoms with Crippen LogP contribution in [0.4, 0.5) is 0 Å². The van der Waals surface area contributed by atoms with E-state index in [4.69, 9.17) is 10.5 Å². The first-order valence-corrected chi connectivity index (χ1v) is 6.02. The molecule has 3 atom stereocenters. The summed E-state index contributed by atoms with van der Waals surface area (Å²) >= 11 is 0. The molecule has 5 nitrogen and oxygen atoms in total. The minimum absolute atomic E-state index is 0.157. The number of ether oxygens (including phenoxy) is 1. The lowest BCUT2D eigenvalue weighted by Crippen LogP contribution is -2.42. The van der Waals surface area contributed by atoms with Gasteiger partial charge < -0.3 is 20.9 Å². The largest absolute Gasteiger partial charge is 0.387 e. The van der Waals surface area contributed by atoms with Gasteiger partial charge in [0, 0.05) is 12.6 Å². The van der Waals surface area contributed by atoms with Gasteiger partial charge in [-0.05, 0) is 5.56 Å². The molecule has 0 bridgehead atoms. The molecule has 0 saturated carbocycles. The van der Waals surface area contributed by atoms with Crippen molar-refractivity contribution in [3.8, 4) is 0 Å². The number of amides is 1. The molecule has 1 aliphatic heterocycles. The van der Waals surface area contributed by atoms with Gasteiger partial charge in [-0.15, -0.1) is 0 Å². The number of hydrogen-bond acceptors (Lipinski definition) is 4. The number of benzene rings is 1. The van der Waals surface area contributed by atoms with Crippen LogP contribution in [-0.4, -0.2) is 36.8 Å². The van der Waals surface area contributed by atoms with Gasteiger partial charge in [0.25, 0.3) is 0 Å². The van der Waals surface area contributed by atoms with Gasteiger partial charge in [-0.25, -0.2) is 0 Å². The maximum atomic E-state index is 11.8. The van der Waals surface area contributed by atoms with Crippen LogP contribution < -0.4 is 11.1 Å². The fraction of sp³-hybridized carbons (Fsp3) is 0.462. The van der Waals surface area contributed by atoms with Crippen LogP contribution in [-0.2, 0) is 9.53 Å². The molecular weight excluding hydrogens is 232 g/mol. The fourth-order valence-electron chi connectivity index (χ4n) is 1.96. The Morgan fingerprint density at radius 1 is 1.44 bits per heavy atom. The number of hydrogen-bond donors (Lipinski definition) is 3. The summed E-state index contributed by atoms with van der Waals surface area (Å²) in [6.07, 6.45) is -0.700. The first kappa shape index (κ1) is 13.0. The van der Waals surface area contributed by atoms with Gasteiger partial charge in [-0.3, -0.25) is 4.79 Å². The van der Waals surface area contributed by atoms with Gasteiger partial charge in [0.15, 0.2) is 0 Å². The Bertz CT molecular complexity index is 396. The molecule has 1 aromatic rings. The number of aliphatic hydroxyl groups is 1. The maximum Gasteiger partial charge on any atom is 0.227 e. The van der Waals surface area contributed by atoms with E-state index in [9.17, 15) is 9.90 Å². The molecule has 0 radical (unpaired) electrons. The van der Waals surface area contributed by atoms with E-state index in [2.05, 4.69) is 5.32 Å². The predicted octanol–water partition coefficient (Wildman–Crippen LogP) is -0.190. The monoisotopic (exact) mass is 250 g/mol.